The number of benzene rings is 1. The Morgan fingerprint density at radius 1 is 1.38 bits per heavy atom. The number of rotatable bonds is 3. The Hall–Kier alpha value is -1.35. The monoisotopic (exact) mass is 278 g/mol. The zero-order valence-electron chi connectivity index (χ0n) is 8.87. The molecule has 1 aromatic heterocycles. The molecule has 0 aliphatic heterocycles. The van der Waals surface area contributed by atoms with Gasteiger partial charge >= 0.3 is 0 Å². The first-order chi connectivity index (χ1) is 7.66. The van der Waals surface area contributed by atoms with Gasteiger partial charge in [-0.2, -0.15) is 0 Å². The molecule has 2 rings (SSSR count). The molecule has 82 valence electrons. The highest BCUT2D eigenvalue weighted by atomic mass is 79.9. The maximum absolute atomic E-state index is 12.0. The Morgan fingerprint density at radius 2 is 2.19 bits per heavy atom. The number of ketones is 1. The molecule has 16 heavy (non-hydrogen) atoms. The van der Waals surface area contributed by atoms with Gasteiger partial charge in [0, 0.05) is 16.5 Å². The van der Waals surface area contributed by atoms with Gasteiger partial charge in [-0.3, -0.25) is 4.79 Å². The van der Waals surface area contributed by atoms with Crippen LogP contribution in [-0.2, 0) is 6.42 Å². The van der Waals surface area contributed by atoms with Crippen LogP contribution in [0.1, 0.15) is 21.5 Å². The fourth-order valence-electron chi connectivity index (χ4n) is 1.53. The van der Waals surface area contributed by atoms with E-state index in [2.05, 4.69) is 15.9 Å². The van der Waals surface area contributed by atoms with Crippen molar-refractivity contribution >= 4 is 21.7 Å². The Morgan fingerprint density at radius 3 is 2.88 bits per heavy atom. The van der Waals surface area contributed by atoms with E-state index in [4.69, 9.17) is 4.42 Å². The van der Waals surface area contributed by atoms with Gasteiger partial charge in [0.05, 0.1) is 12.5 Å². The van der Waals surface area contributed by atoms with Gasteiger partial charge in [-0.15, -0.1) is 0 Å². The van der Waals surface area contributed by atoms with Gasteiger partial charge < -0.3 is 4.42 Å². The summed E-state index contributed by atoms with van der Waals surface area (Å²) in [7, 11) is 0. The summed E-state index contributed by atoms with van der Waals surface area (Å²) in [4.78, 5) is 12.0. The first-order valence-electron chi connectivity index (χ1n) is 4.97. The summed E-state index contributed by atoms with van der Waals surface area (Å²) in [5.41, 5.74) is 2.71. The SMILES string of the molecule is Cc1ccc(Br)c(C(=O)Cc2ccoc2)c1. The fraction of sp³-hybridized carbons (Fsp3) is 0.154. The van der Waals surface area contributed by atoms with Crippen LogP contribution in [0.5, 0.6) is 0 Å². The fourth-order valence-corrected chi connectivity index (χ4v) is 1.99. The van der Waals surface area contributed by atoms with E-state index in [-0.39, 0.29) is 5.78 Å². The van der Waals surface area contributed by atoms with Gasteiger partial charge in [0.15, 0.2) is 5.78 Å². The van der Waals surface area contributed by atoms with E-state index in [1.807, 2.05) is 31.2 Å². The van der Waals surface area contributed by atoms with Crippen molar-refractivity contribution in [2.45, 2.75) is 13.3 Å². The molecule has 0 aliphatic carbocycles. The van der Waals surface area contributed by atoms with Crippen LogP contribution in [0.3, 0.4) is 0 Å². The molecule has 0 aliphatic rings. The second kappa shape index (κ2) is 4.66. The van der Waals surface area contributed by atoms with Crippen molar-refractivity contribution in [3.63, 3.8) is 0 Å². The second-order valence-corrected chi connectivity index (χ2v) is 4.57. The van der Waals surface area contributed by atoms with Crippen LogP contribution in [0.25, 0.3) is 0 Å². The van der Waals surface area contributed by atoms with E-state index < -0.39 is 0 Å². The summed E-state index contributed by atoms with van der Waals surface area (Å²) in [6, 6.07) is 7.57. The molecule has 0 saturated carbocycles. The van der Waals surface area contributed by atoms with E-state index in [1.165, 1.54) is 0 Å². The number of furan rings is 1. The van der Waals surface area contributed by atoms with Crippen molar-refractivity contribution in [3.05, 3.63) is 58.0 Å². The summed E-state index contributed by atoms with van der Waals surface area (Å²) in [5.74, 6) is 0.0944. The van der Waals surface area contributed by atoms with Crippen molar-refractivity contribution in [3.8, 4) is 0 Å². The molecule has 2 nitrogen and oxygen atoms in total. The third-order valence-corrected chi connectivity index (χ3v) is 3.06. The Bertz CT molecular complexity index is 501. The molecular formula is C13H11BrO2. The molecule has 0 radical (unpaired) electrons. The molecule has 1 heterocycles. The van der Waals surface area contributed by atoms with Crippen molar-refractivity contribution in [2.75, 3.05) is 0 Å². The standard InChI is InChI=1S/C13H11BrO2/c1-9-2-3-12(14)11(6-9)13(15)7-10-4-5-16-8-10/h2-6,8H,7H2,1H3. The van der Waals surface area contributed by atoms with Crippen molar-refractivity contribution in [1.82, 2.24) is 0 Å². The van der Waals surface area contributed by atoms with Crippen LogP contribution >= 0.6 is 15.9 Å². The minimum atomic E-state index is 0.0944. The number of halogens is 1. The highest BCUT2D eigenvalue weighted by Gasteiger charge is 2.11. The minimum Gasteiger partial charge on any atom is -0.472 e. The lowest BCUT2D eigenvalue weighted by molar-refractivity contribution is 0.0992. The van der Waals surface area contributed by atoms with E-state index in [9.17, 15) is 4.79 Å². The summed E-state index contributed by atoms with van der Waals surface area (Å²) < 4.78 is 5.78. The Labute approximate surface area is 102 Å². The predicted molar refractivity (Wildman–Crippen MR) is 65.6 cm³/mol. The van der Waals surface area contributed by atoms with Crippen LogP contribution in [0, 0.1) is 6.92 Å². The van der Waals surface area contributed by atoms with E-state index in [0.717, 1.165) is 21.2 Å². The van der Waals surface area contributed by atoms with E-state index >= 15 is 0 Å². The third-order valence-electron chi connectivity index (χ3n) is 2.37. The van der Waals surface area contributed by atoms with Crippen LogP contribution < -0.4 is 0 Å². The van der Waals surface area contributed by atoms with Crippen molar-refractivity contribution in [1.29, 1.82) is 0 Å². The minimum absolute atomic E-state index is 0.0944. The molecule has 0 atom stereocenters. The molecule has 0 spiro atoms. The van der Waals surface area contributed by atoms with Gasteiger partial charge in [-0.05, 0) is 30.7 Å². The highest BCUT2D eigenvalue weighted by Crippen LogP contribution is 2.20. The summed E-state index contributed by atoms with van der Waals surface area (Å²) >= 11 is 3.39. The largest absolute Gasteiger partial charge is 0.472 e. The zero-order chi connectivity index (χ0) is 11.5. The lowest BCUT2D eigenvalue weighted by Gasteiger charge is -2.03. The molecule has 0 N–H and O–H groups in total. The topological polar surface area (TPSA) is 30.2 Å². The number of aryl methyl sites for hydroxylation is 1. The van der Waals surface area contributed by atoms with Crippen LogP contribution in [0.2, 0.25) is 0 Å². The quantitative estimate of drug-likeness (QED) is 0.800. The van der Waals surface area contributed by atoms with Gasteiger partial charge in [0.1, 0.15) is 0 Å². The number of Topliss-reactive ketones (excluding diaryl/α,β-unsaturated/α-hetero) is 1. The number of carbonyl (C=O) groups is 1. The predicted octanol–water partition coefficient (Wildman–Crippen LogP) is 3.78. The first kappa shape index (κ1) is 11.1. The molecule has 3 heteroatoms. The lowest BCUT2D eigenvalue weighted by atomic mass is 10.0. The van der Waals surface area contributed by atoms with Crippen molar-refractivity contribution < 1.29 is 9.21 Å². The molecule has 0 fully saturated rings. The number of hydrogen-bond acceptors (Lipinski definition) is 2. The van der Waals surface area contributed by atoms with Gasteiger partial charge in [0.2, 0.25) is 0 Å². The molecule has 0 bridgehead atoms. The average molecular weight is 279 g/mol. The van der Waals surface area contributed by atoms with Crippen LogP contribution in [0.15, 0.2) is 45.7 Å². The first-order valence-corrected chi connectivity index (χ1v) is 5.76. The normalized spacial score (nSPS) is 10.4. The van der Waals surface area contributed by atoms with Crippen LogP contribution in [-0.4, -0.2) is 5.78 Å². The van der Waals surface area contributed by atoms with Crippen molar-refractivity contribution in [2.24, 2.45) is 0 Å². The Balaban J connectivity index is 2.24. The summed E-state index contributed by atoms with van der Waals surface area (Å²) in [6.45, 7) is 1.97. The summed E-state index contributed by atoms with van der Waals surface area (Å²) in [5, 5.41) is 0. The smallest absolute Gasteiger partial charge is 0.168 e. The average Bonchev–Trinajstić information content (AvgIpc) is 2.74. The maximum atomic E-state index is 12.0. The second-order valence-electron chi connectivity index (χ2n) is 3.71. The van der Waals surface area contributed by atoms with E-state index in [1.54, 1.807) is 12.5 Å². The Kier molecular flexibility index (Phi) is 3.25. The zero-order valence-corrected chi connectivity index (χ0v) is 10.5. The molecule has 0 saturated heterocycles. The highest BCUT2D eigenvalue weighted by molar-refractivity contribution is 9.10. The van der Waals surface area contributed by atoms with Gasteiger partial charge in [0.25, 0.3) is 0 Å². The van der Waals surface area contributed by atoms with Crippen LogP contribution in [0.4, 0.5) is 0 Å². The van der Waals surface area contributed by atoms with Gasteiger partial charge in [-0.1, -0.05) is 27.6 Å². The van der Waals surface area contributed by atoms with Gasteiger partial charge in [-0.25, -0.2) is 0 Å². The third kappa shape index (κ3) is 2.42. The molecular weight excluding hydrogens is 268 g/mol. The lowest BCUT2D eigenvalue weighted by Crippen LogP contribution is -2.04. The maximum Gasteiger partial charge on any atom is 0.168 e. The number of hydrogen-bond donors (Lipinski definition) is 0. The molecule has 2 aromatic rings. The van der Waals surface area contributed by atoms with E-state index in [0.29, 0.717) is 6.42 Å². The molecule has 0 amide bonds. The molecule has 0 unspecified atom stereocenters. The number of carbonyl (C=O) groups excluding carboxylic acids is 1. The molecule has 1 aromatic carbocycles. The summed E-state index contributed by atoms with van der Waals surface area (Å²) in [6.07, 6.45) is 3.55.